The number of carbonyl (C=O) groups excluding carboxylic acids is 2. The van der Waals surface area contributed by atoms with Crippen LogP contribution in [0.1, 0.15) is 37.0 Å². The van der Waals surface area contributed by atoms with Crippen molar-refractivity contribution in [2.75, 3.05) is 13.7 Å². The second-order valence-electron chi connectivity index (χ2n) is 7.03. The van der Waals surface area contributed by atoms with Crippen LogP contribution in [0.5, 0.6) is 0 Å². The van der Waals surface area contributed by atoms with Gasteiger partial charge in [0.05, 0.1) is 25.4 Å². The van der Waals surface area contributed by atoms with E-state index in [0.717, 1.165) is 11.9 Å². The molecule has 1 fully saturated rings. The lowest BCUT2D eigenvalue weighted by Gasteiger charge is -2.35. The minimum atomic E-state index is -1.15. The number of methoxy groups -OCH3 is 1. The minimum Gasteiger partial charge on any atom is -0.467 e. The van der Waals surface area contributed by atoms with Gasteiger partial charge in [0.25, 0.3) is 5.91 Å². The number of esters is 1. The Bertz CT molecular complexity index is 820. The molecule has 1 aliphatic rings. The summed E-state index contributed by atoms with van der Waals surface area (Å²) >= 11 is 0. The molecule has 0 N–H and O–H groups in total. The molecular weight excluding hydrogens is 339 g/mol. The lowest BCUT2D eigenvalue weighted by molar-refractivity contribution is -0.147. The van der Waals surface area contributed by atoms with Crippen LogP contribution in [-0.4, -0.2) is 57.4 Å². The number of fused-ring (bicyclic) bond motifs is 1. The molecule has 0 aliphatic carbocycles. The summed E-state index contributed by atoms with van der Waals surface area (Å²) in [5.74, 6) is -0.533. The number of alkyl halides is 1. The Balaban J connectivity index is 1.89. The first-order chi connectivity index (χ1) is 12.4. The Morgan fingerprint density at radius 3 is 2.81 bits per heavy atom. The molecule has 3 rings (SSSR count). The maximum atomic E-state index is 13.9. The van der Waals surface area contributed by atoms with Gasteiger partial charge >= 0.3 is 5.97 Å². The van der Waals surface area contributed by atoms with Crippen LogP contribution in [0.25, 0.3) is 11.0 Å². The lowest BCUT2D eigenvalue weighted by Crippen LogP contribution is -2.51. The third kappa shape index (κ3) is 3.54. The van der Waals surface area contributed by atoms with E-state index >= 15 is 0 Å². The van der Waals surface area contributed by atoms with Crippen molar-refractivity contribution < 1.29 is 18.7 Å². The number of amides is 1. The van der Waals surface area contributed by atoms with Crippen molar-refractivity contribution in [3.8, 4) is 0 Å². The third-order valence-electron chi connectivity index (χ3n) is 4.52. The number of rotatable bonds is 4. The summed E-state index contributed by atoms with van der Waals surface area (Å²) in [6, 6.07) is 0.920. The fourth-order valence-corrected chi connectivity index (χ4v) is 3.27. The van der Waals surface area contributed by atoms with Gasteiger partial charge in [0.2, 0.25) is 0 Å². The summed E-state index contributed by atoms with van der Waals surface area (Å²) in [6.45, 7) is 4.78. The first-order valence-electron chi connectivity index (χ1n) is 8.75. The fraction of sp³-hybridized carbons (Fsp3) is 0.556. The summed E-state index contributed by atoms with van der Waals surface area (Å²) in [5.41, 5.74) is 1.01. The number of ether oxygens (including phenoxy) is 1. The van der Waals surface area contributed by atoms with Gasteiger partial charge in [-0.25, -0.2) is 18.9 Å². The normalized spacial score (nSPS) is 20.6. The van der Waals surface area contributed by atoms with Crippen LogP contribution < -0.4 is 0 Å². The highest BCUT2D eigenvalue weighted by molar-refractivity contribution is 5.99. The second-order valence-corrected chi connectivity index (χ2v) is 7.03. The highest BCUT2D eigenvalue weighted by Gasteiger charge is 2.37. The molecule has 1 amide bonds. The average molecular weight is 362 g/mol. The van der Waals surface area contributed by atoms with E-state index < -0.39 is 24.1 Å². The van der Waals surface area contributed by atoms with Crippen molar-refractivity contribution in [2.24, 2.45) is 5.92 Å². The molecule has 140 valence electrons. The van der Waals surface area contributed by atoms with E-state index in [1.54, 1.807) is 16.9 Å². The Morgan fingerprint density at radius 2 is 2.12 bits per heavy atom. The average Bonchev–Trinajstić information content (AvgIpc) is 3.01. The monoisotopic (exact) mass is 362 g/mol. The molecule has 7 nitrogen and oxygen atoms in total. The number of likely N-dealkylation sites (tertiary alicyclic amines) is 1. The predicted molar refractivity (Wildman–Crippen MR) is 93.3 cm³/mol. The van der Waals surface area contributed by atoms with E-state index in [9.17, 15) is 14.0 Å². The molecule has 0 bridgehead atoms. The van der Waals surface area contributed by atoms with Gasteiger partial charge in [0, 0.05) is 18.1 Å². The molecule has 8 heteroatoms. The molecular formula is C18H23FN4O3. The predicted octanol–water partition coefficient (Wildman–Crippen LogP) is 2.20. The molecule has 26 heavy (non-hydrogen) atoms. The molecule has 1 saturated heterocycles. The smallest absolute Gasteiger partial charge is 0.328 e. The number of piperidine rings is 1. The molecule has 2 atom stereocenters. The van der Waals surface area contributed by atoms with E-state index in [2.05, 4.69) is 23.9 Å². The van der Waals surface area contributed by atoms with Crippen LogP contribution >= 0.6 is 0 Å². The minimum absolute atomic E-state index is 0.122. The molecule has 3 heterocycles. The standard InChI is InChI=1S/C18H23FN4O3/c1-11(2)9-23-16-12(8-21-23)6-13(7-20-16)17(24)22-10-14(19)4-5-15(22)18(25)26-3/h6-8,11,14-15H,4-5,9-10H2,1-3H3. The van der Waals surface area contributed by atoms with Gasteiger partial charge in [0.1, 0.15) is 12.2 Å². The van der Waals surface area contributed by atoms with Crippen molar-refractivity contribution in [3.05, 3.63) is 24.0 Å². The van der Waals surface area contributed by atoms with Crippen molar-refractivity contribution in [2.45, 2.75) is 45.4 Å². The molecule has 0 aromatic carbocycles. The first kappa shape index (κ1) is 18.3. The number of nitrogens with zero attached hydrogens (tertiary/aromatic N) is 4. The van der Waals surface area contributed by atoms with Gasteiger partial charge in [-0.15, -0.1) is 0 Å². The van der Waals surface area contributed by atoms with E-state index in [1.807, 2.05) is 0 Å². The van der Waals surface area contributed by atoms with Crippen molar-refractivity contribution in [1.82, 2.24) is 19.7 Å². The third-order valence-corrected chi connectivity index (χ3v) is 4.52. The van der Waals surface area contributed by atoms with Crippen molar-refractivity contribution >= 4 is 22.9 Å². The summed E-state index contributed by atoms with van der Waals surface area (Å²) in [4.78, 5) is 30.5. The number of hydrogen-bond donors (Lipinski definition) is 0. The Hall–Kier alpha value is -2.51. The van der Waals surface area contributed by atoms with Crippen LogP contribution in [-0.2, 0) is 16.1 Å². The van der Waals surface area contributed by atoms with Crippen LogP contribution in [0, 0.1) is 5.92 Å². The van der Waals surface area contributed by atoms with Crippen LogP contribution in [0.2, 0.25) is 0 Å². The quantitative estimate of drug-likeness (QED) is 0.780. The Morgan fingerprint density at radius 1 is 1.35 bits per heavy atom. The first-order valence-corrected chi connectivity index (χ1v) is 8.75. The van der Waals surface area contributed by atoms with Gasteiger partial charge in [-0.2, -0.15) is 5.10 Å². The van der Waals surface area contributed by atoms with E-state index in [1.165, 1.54) is 18.2 Å². The highest BCUT2D eigenvalue weighted by atomic mass is 19.1. The fourth-order valence-electron chi connectivity index (χ4n) is 3.27. The number of pyridine rings is 1. The van der Waals surface area contributed by atoms with E-state index in [0.29, 0.717) is 17.1 Å². The number of aromatic nitrogens is 3. The zero-order chi connectivity index (χ0) is 18.8. The van der Waals surface area contributed by atoms with Gasteiger partial charge in [-0.1, -0.05) is 13.8 Å². The van der Waals surface area contributed by atoms with Gasteiger partial charge < -0.3 is 9.64 Å². The molecule has 1 aliphatic heterocycles. The maximum absolute atomic E-state index is 13.9. The van der Waals surface area contributed by atoms with Gasteiger partial charge in [-0.05, 0) is 24.8 Å². The summed E-state index contributed by atoms with van der Waals surface area (Å²) in [6.07, 6.45) is 2.46. The maximum Gasteiger partial charge on any atom is 0.328 e. The Kier molecular flexibility index (Phi) is 5.20. The van der Waals surface area contributed by atoms with Crippen LogP contribution in [0.15, 0.2) is 18.5 Å². The van der Waals surface area contributed by atoms with Crippen molar-refractivity contribution in [1.29, 1.82) is 0 Å². The van der Waals surface area contributed by atoms with E-state index in [-0.39, 0.29) is 19.4 Å². The number of hydrogen-bond acceptors (Lipinski definition) is 5. The van der Waals surface area contributed by atoms with Gasteiger partial charge in [-0.3, -0.25) is 4.79 Å². The SMILES string of the molecule is COC(=O)C1CCC(F)CN1C(=O)c1cnc2c(cnn2CC(C)C)c1. The molecule has 2 unspecified atom stereocenters. The zero-order valence-corrected chi connectivity index (χ0v) is 15.2. The highest BCUT2D eigenvalue weighted by Crippen LogP contribution is 2.24. The van der Waals surface area contributed by atoms with Gasteiger partial charge in [0.15, 0.2) is 5.65 Å². The summed E-state index contributed by atoms with van der Waals surface area (Å²) in [7, 11) is 1.27. The van der Waals surface area contributed by atoms with Crippen LogP contribution in [0.4, 0.5) is 4.39 Å². The summed E-state index contributed by atoms with van der Waals surface area (Å²) < 4.78 is 20.4. The molecule has 2 aromatic heterocycles. The zero-order valence-electron chi connectivity index (χ0n) is 15.2. The molecule has 0 spiro atoms. The van der Waals surface area contributed by atoms with Crippen LogP contribution in [0.3, 0.4) is 0 Å². The topological polar surface area (TPSA) is 77.3 Å². The number of carbonyl (C=O) groups is 2. The second kappa shape index (κ2) is 7.39. The largest absolute Gasteiger partial charge is 0.467 e. The number of halogens is 1. The molecule has 0 saturated carbocycles. The summed E-state index contributed by atoms with van der Waals surface area (Å²) in [5, 5.41) is 5.05. The molecule has 2 aromatic rings. The molecule has 0 radical (unpaired) electrons. The Labute approximate surface area is 151 Å². The van der Waals surface area contributed by atoms with E-state index in [4.69, 9.17) is 4.74 Å². The lowest BCUT2D eigenvalue weighted by atomic mass is 9.99. The van der Waals surface area contributed by atoms with Crippen molar-refractivity contribution in [3.63, 3.8) is 0 Å².